The zero-order chi connectivity index (χ0) is 13.1. The Morgan fingerprint density at radius 1 is 1.47 bits per heavy atom. The highest BCUT2D eigenvalue weighted by atomic mass is 19.4. The van der Waals surface area contributed by atoms with Crippen molar-refractivity contribution in [3.63, 3.8) is 0 Å². The highest BCUT2D eigenvalue weighted by molar-refractivity contribution is 5.23. The van der Waals surface area contributed by atoms with E-state index in [0.29, 0.717) is 12.4 Å². The van der Waals surface area contributed by atoms with Gasteiger partial charge in [0.2, 0.25) is 0 Å². The van der Waals surface area contributed by atoms with Crippen LogP contribution >= 0.6 is 0 Å². The second-order valence-corrected chi connectivity index (χ2v) is 4.18. The van der Waals surface area contributed by atoms with Gasteiger partial charge >= 0.3 is 6.18 Å². The third-order valence-electron chi connectivity index (χ3n) is 2.39. The minimum atomic E-state index is -4.17. The molecule has 0 atom stereocenters. The Bertz CT molecular complexity index is 346. The number of nitrogens with zero attached hydrogens (tertiary/aromatic N) is 3. The van der Waals surface area contributed by atoms with Gasteiger partial charge < -0.3 is 5.73 Å². The number of alkyl halides is 3. The van der Waals surface area contributed by atoms with Crippen molar-refractivity contribution in [1.29, 1.82) is 0 Å². The number of rotatable bonds is 5. The standard InChI is InChI=1S/C10H17F3N4/c1-8(2)16(7-10(11,12)13)5-6-17-4-3-9(14)15-17/h3-4,8H,5-7H2,1-2H3,(H2,14,15). The van der Waals surface area contributed by atoms with E-state index in [2.05, 4.69) is 5.10 Å². The molecule has 1 rings (SSSR count). The molecular weight excluding hydrogens is 233 g/mol. The normalized spacial score (nSPS) is 12.6. The molecule has 0 amide bonds. The Balaban J connectivity index is 2.50. The summed E-state index contributed by atoms with van der Waals surface area (Å²) >= 11 is 0. The molecule has 0 unspecified atom stereocenters. The van der Waals surface area contributed by atoms with Crippen molar-refractivity contribution in [2.75, 3.05) is 18.8 Å². The van der Waals surface area contributed by atoms with E-state index in [9.17, 15) is 13.2 Å². The molecule has 0 aliphatic carbocycles. The van der Waals surface area contributed by atoms with E-state index in [0.717, 1.165) is 0 Å². The number of nitrogens with two attached hydrogens (primary N) is 1. The maximum atomic E-state index is 12.3. The Morgan fingerprint density at radius 3 is 2.53 bits per heavy atom. The summed E-state index contributed by atoms with van der Waals surface area (Å²) in [5.74, 6) is 0.372. The van der Waals surface area contributed by atoms with Gasteiger partial charge in [-0.3, -0.25) is 9.58 Å². The van der Waals surface area contributed by atoms with E-state index >= 15 is 0 Å². The van der Waals surface area contributed by atoms with Crippen molar-refractivity contribution in [2.45, 2.75) is 32.6 Å². The Labute approximate surface area is 98.2 Å². The van der Waals surface area contributed by atoms with Crippen molar-refractivity contribution >= 4 is 5.82 Å². The number of hydrogen-bond donors (Lipinski definition) is 1. The van der Waals surface area contributed by atoms with Gasteiger partial charge in [0.1, 0.15) is 5.82 Å². The maximum absolute atomic E-state index is 12.3. The van der Waals surface area contributed by atoms with Gasteiger partial charge in [-0.15, -0.1) is 0 Å². The molecule has 7 heteroatoms. The van der Waals surface area contributed by atoms with Crippen molar-refractivity contribution in [3.8, 4) is 0 Å². The molecule has 98 valence electrons. The summed E-state index contributed by atoms with van der Waals surface area (Å²) in [5, 5.41) is 3.92. The number of halogens is 3. The second kappa shape index (κ2) is 5.39. The van der Waals surface area contributed by atoms with Crippen LogP contribution < -0.4 is 5.73 Å². The van der Waals surface area contributed by atoms with Crippen LogP contribution in [-0.4, -0.2) is 40.0 Å². The zero-order valence-corrected chi connectivity index (χ0v) is 9.91. The minimum Gasteiger partial charge on any atom is -0.382 e. The van der Waals surface area contributed by atoms with Crippen molar-refractivity contribution in [2.24, 2.45) is 0 Å². The van der Waals surface area contributed by atoms with E-state index < -0.39 is 12.7 Å². The zero-order valence-electron chi connectivity index (χ0n) is 9.91. The lowest BCUT2D eigenvalue weighted by Crippen LogP contribution is -2.40. The monoisotopic (exact) mass is 250 g/mol. The minimum absolute atomic E-state index is 0.162. The van der Waals surface area contributed by atoms with Gasteiger partial charge in [0.25, 0.3) is 0 Å². The average molecular weight is 250 g/mol. The molecule has 0 bridgehead atoms. The summed E-state index contributed by atoms with van der Waals surface area (Å²) in [6.07, 6.45) is -2.52. The average Bonchev–Trinajstić information content (AvgIpc) is 2.56. The van der Waals surface area contributed by atoms with E-state index in [1.54, 1.807) is 30.8 Å². The SMILES string of the molecule is CC(C)N(CCn1ccc(N)n1)CC(F)(F)F. The van der Waals surface area contributed by atoms with E-state index in [1.807, 2.05) is 0 Å². The predicted molar refractivity (Wildman–Crippen MR) is 59.4 cm³/mol. The fraction of sp³-hybridized carbons (Fsp3) is 0.700. The number of hydrogen-bond acceptors (Lipinski definition) is 3. The van der Waals surface area contributed by atoms with Crippen molar-refractivity contribution < 1.29 is 13.2 Å². The molecule has 1 aromatic rings. The van der Waals surface area contributed by atoms with Crippen LogP contribution in [0.1, 0.15) is 13.8 Å². The van der Waals surface area contributed by atoms with Crippen LogP contribution in [0.15, 0.2) is 12.3 Å². The molecule has 4 nitrogen and oxygen atoms in total. The molecule has 0 saturated carbocycles. The molecule has 1 heterocycles. The van der Waals surface area contributed by atoms with Crippen molar-refractivity contribution in [3.05, 3.63) is 12.3 Å². The summed E-state index contributed by atoms with van der Waals surface area (Å²) in [6, 6.07) is 1.45. The Hall–Kier alpha value is -1.24. The molecule has 0 aromatic carbocycles. The molecule has 0 saturated heterocycles. The molecule has 0 aliphatic rings. The summed E-state index contributed by atoms with van der Waals surface area (Å²) in [6.45, 7) is 3.26. The first-order valence-corrected chi connectivity index (χ1v) is 5.37. The lowest BCUT2D eigenvalue weighted by Gasteiger charge is -2.27. The van der Waals surface area contributed by atoms with Gasteiger partial charge in [0, 0.05) is 18.8 Å². The molecule has 0 spiro atoms. The van der Waals surface area contributed by atoms with E-state index in [1.165, 1.54) is 4.90 Å². The fourth-order valence-corrected chi connectivity index (χ4v) is 1.48. The van der Waals surface area contributed by atoms with Gasteiger partial charge in [-0.25, -0.2) is 0 Å². The Kier molecular flexibility index (Phi) is 4.39. The second-order valence-electron chi connectivity index (χ2n) is 4.18. The lowest BCUT2D eigenvalue weighted by molar-refractivity contribution is -0.149. The van der Waals surface area contributed by atoms with Crippen LogP contribution in [-0.2, 0) is 6.54 Å². The molecule has 0 radical (unpaired) electrons. The molecular formula is C10H17F3N4. The van der Waals surface area contributed by atoms with Gasteiger partial charge in [0.15, 0.2) is 0 Å². The van der Waals surface area contributed by atoms with Crippen LogP contribution in [0.4, 0.5) is 19.0 Å². The number of aromatic nitrogens is 2. The molecule has 1 aromatic heterocycles. The summed E-state index contributed by atoms with van der Waals surface area (Å²) in [5.41, 5.74) is 5.42. The summed E-state index contributed by atoms with van der Waals surface area (Å²) in [7, 11) is 0. The highest BCUT2D eigenvalue weighted by Crippen LogP contribution is 2.17. The topological polar surface area (TPSA) is 47.1 Å². The van der Waals surface area contributed by atoms with Gasteiger partial charge in [0.05, 0.1) is 13.1 Å². The maximum Gasteiger partial charge on any atom is 0.401 e. The summed E-state index contributed by atoms with van der Waals surface area (Å²) in [4.78, 5) is 1.36. The van der Waals surface area contributed by atoms with E-state index in [-0.39, 0.29) is 12.6 Å². The molecule has 17 heavy (non-hydrogen) atoms. The van der Waals surface area contributed by atoms with Crippen LogP contribution in [0.2, 0.25) is 0 Å². The molecule has 0 aliphatic heterocycles. The quantitative estimate of drug-likeness (QED) is 0.865. The molecule has 2 N–H and O–H groups in total. The van der Waals surface area contributed by atoms with Gasteiger partial charge in [-0.05, 0) is 19.9 Å². The van der Waals surface area contributed by atoms with Gasteiger partial charge in [-0.1, -0.05) is 0 Å². The lowest BCUT2D eigenvalue weighted by atomic mass is 10.3. The smallest absolute Gasteiger partial charge is 0.382 e. The first-order chi connectivity index (χ1) is 7.78. The third-order valence-corrected chi connectivity index (χ3v) is 2.39. The largest absolute Gasteiger partial charge is 0.401 e. The van der Waals surface area contributed by atoms with E-state index in [4.69, 9.17) is 5.73 Å². The fourth-order valence-electron chi connectivity index (χ4n) is 1.48. The van der Waals surface area contributed by atoms with Crippen LogP contribution in [0.3, 0.4) is 0 Å². The predicted octanol–water partition coefficient (Wildman–Crippen LogP) is 1.74. The first-order valence-electron chi connectivity index (χ1n) is 5.37. The van der Waals surface area contributed by atoms with Crippen LogP contribution in [0.25, 0.3) is 0 Å². The Morgan fingerprint density at radius 2 is 2.12 bits per heavy atom. The van der Waals surface area contributed by atoms with Crippen molar-refractivity contribution in [1.82, 2.24) is 14.7 Å². The third kappa shape index (κ3) is 5.08. The first kappa shape index (κ1) is 13.8. The van der Waals surface area contributed by atoms with Gasteiger partial charge in [-0.2, -0.15) is 18.3 Å². The van der Waals surface area contributed by atoms with Crippen LogP contribution in [0, 0.1) is 0 Å². The molecule has 0 fully saturated rings. The number of anilines is 1. The van der Waals surface area contributed by atoms with Crippen LogP contribution in [0.5, 0.6) is 0 Å². The number of nitrogen functional groups attached to an aromatic ring is 1. The highest BCUT2D eigenvalue weighted by Gasteiger charge is 2.31. The summed E-state index contributed by atoms with van der Waals surface area (Å²) < 4.78 is 38.5.